The van der Waals surface area contributed by atoms with Crippen LogP contribution in [-0.4, -0.2) is 158 Å². The standard InChI is InChI=1S/C27H42O3.C25H40O2.2C22H32O3.C21H28O3.CH2O3.CH4O.CH4.Cr.2K.3O/c1-6-7-8-17(2)21-16-19-15-20(29)11-13-26(19,4)23-12-14-27(5)22(25(21)23)9-10-24(27)30-18(3)28;1-5-6-7-16(2)19-15-17-14-18(26)10-12-24(17,3)21-11-13-25(4)20(23(19)21)8-9-22(25)27;2*1-13-11-15-12-16(24)7-9-21(15,3)18-8-10-22(4)17(20(13)18)5-6-19(22)25-14(2)23;1-13(22)24-19-7-6-17-16-5-4-14-12-15(23)8-10-20(14,2)18(16)9-11-21(17,19)3;2-1-4-3;1-2;;;;;;;/h15,17,21-25H,6-14,16H2,1-5H3;14,16,19-23,27H,5-13,15H2,1-4H3;2*12-13,17-20H,5-11H2,1-4H3;4-5,12,16-19H,6-11H2,1-3H3;1,3H;2H,1H3;1H4;;;;;;/q;;;;;;;;;;+1;;;/p-1/t17?,21-,22?,23?,24-,25?,26-,27-;16?,19-,20?,21?,22-,23?,24-,25-;13?,17?,18?,19-,20?,21-,22-;13-,17?,18?,19+,20?,21+,22+;16?,17?,18?,19-,20-,21-;;;;;;;;;/m00010........./s1. The second-order valence-electron chi connectivity index (χ2n) is 51.3. The van der Waals surface area contributed by atoms with Crippen LogP contribution in [0.15, 0.2) is 70.4 Å². The van der Waals surface area contributed by atoms with Gasteiger partial charge in [0.15, 0.2) is 28.9 Å². The van der Waals surface area contributed by atoms with Gasteiger partial charge >= 0.3 is 101 Å². The van der Waals surface area contributed by atoms with E-state index in [1.807, 2.05) is 24.3 Å². The van der Waals surface area contributed by atoms with E-state index in [4.69, 9.17) is 45.5 Å². The van der Waals surface area contributed by atoms with E-state index in [1.54, 1.807) is 20.8 Å². The summed E-state index contributed by atoms with van der Waals surface area (Å²) in [6, 6.07) is 0. The molecular formula is C120H183CrK2O21. The van der Waals surface area contributed by atoms with E-state index in [-0.39, 0.29) is 231 Å². The molecule has 18 unspecified atom stereocenters. The number of aliphatic hydroxyl groups excluding tert-OH is 2. The zero-order chi connectivity index (χ0) is 103. The molecule has 20 aliphatic carbocycles. The van der Waals surface area contributed by atoms with Gasteiger partial charge in [-0.05, 0) is 379 Å². The van der Waals surface area contributed by atoms with Gasteiger partial charge in [0.2, 0.25) is 0 Å². The van der Waals surface area contributed by atoms with Crippen LogP contribution in [0.2, 0.25) is 0 Å². The predicted octanol–water partition coefficient (Wildman–Crippen LogP) is 21.0. The van der Waals surface area contributed by atoms with Crippen molar-refractivity contribution in [1.29, 1.82) is 0 Å². The average molecular weight is 2090 g/mol. The molecule has 0 spiro atoms. The van der Waals surface area contributed by atoms with Crippen molar-refractivity contribution < 1.29 is 164 Å². The summed E-state index contributed by atoms with van der Waals surface area (Å²) in [7, 11) is 1.00. The molecule has 0 saturated heterocycles. The fraction of sp³-hybridized carbons (Fsp3) is 0.817. The number of hydrogen-bond acceptors (Lipinski definition) is 21. The SMILES string of the molecule is C.CC(=O)O[C@H]1CCC2C3C(C)CC4=CC(=O)CC[C@]4(C)C3CC[C@@]21C.CC(=O)O[C@H]1CCC2C3C(CC[C@@]21C)[C@@]1(C)CCC(=O)C=C1C[C@H]3C.CC(=O)O[C@H]1CCC2C3C=CC4=CC(=O)CC[C@]4(C)C3CC[C@@]21C.CCCCC(C)[C@@H]1CC2=CC(=O)CC[C@]2(C)C2CC[C@@]3(C)C(CC[C@@H]3O)C21.CCCCC(C)[C@@H]1CC2=CC(=O)CC[C@]2(C)C2CC[C@@]3(C)C(CC[C@@H]3OC(C)=O)C21.CO.O=CO[O-].[K+].[K].[O]=[Cr](=[O])=[O]. The number of ketones is 5. The molecular weight excluding hydrogens is 1910 g/mol. The van der Waals surface area contributed by atoms with Crippen molar-refractivity contribution in [2.45, 2.75) is 433 Å². The van der Waals surface area contributed by atoms with E-state index >= 15 is 0 Å². The number of esters is 4. The Morgan fingerprint density at radius 1 is 0.403 bits per heavy atom. The van der Waals surface area contributed by atoms with Gasteiger partial charge in [-0.2, -0.15) is 0 Å². The third-order valence-electron chi connectivity index (χ3n) is 44.6. The molecule has 0 aromatic carbocycles. The van der Waals surface area contributed by atoms with Crippen molar-refractivity contribution in [3.63, 3.8) is 0 Å². The zero-order valence-electron chi connectivity index (χ0n) is 92.0. The molecule has 0 heterocycles. The summed E-state index contributed by atoms with van der Waals surface area (Å²) in [4.78, 5) is 118. The maximum atomic E-state index is 12.3. The van der Waals surface area contributed by atoms with Crippen LogP contribution in [0, 0.1) is 178 Å². The Morgan fingerprint density at radius 3 is 0.986 bits per heavy atom. The van der Waals surface area contributed by atoms with Crippen LogP contribution >= 0.6 is 0 Å². The number of aliphatic hydroxyl groups is 2. The molecule has 0 bridgehead atoms. The Morgan fingerprint density at radius 2 is 0.667 bits per heavy atom. The van der Waals surface area contributed by atoms with Crippen LogP contribution in [-0.2, 0) is 97.1 Å². The number of carbonyl (C=O) groups is 10. The molecule has 21 nitrogen and oxygen atoms in total. The summed E-state index contributed by atoms with van der Waals surface area (Å²) in [6.45, 7) is 44.4. The Balaban J connectivity index is 0.000000180. The second-order valence-corrected chi connectivity index (χ2v) is 51.9. The number of rotatable bonds is 13. The zero-order valence-corrected chi connectivity index (χ0v) is 99.5. The van der Waals surface area contributed by atoms with Crippen molar-refractivity contribution in [2.75, 3.05) is 7.11 Å². The van der Waals surface area contributed by atoms with Gasteiger partial charge in [0.05, 0.1) is 6.10 Å². The Bertz CT molecular complexity index is 4820. The Kier molecular flexibility index (Phi) is 42.7. The van der Waals surface area contributed by atoms with Gasteiger partial charge in [-0.15, -0.1) is 0 Å². The van der Waals surface area contributed by atoms with Gasteiger partial charge in [-0.3, -0.25) is 47.9 Å². The van der Waals surface area contributed by atoms with Crippen LogP contribution in [0.25, 0.3) is 0 Å². The van der Waals surface area contributed by atoms with Gasteiger partial charge in [0.1, 0.15) is 24.4 Å². The first-order valence-corrected chi connectivity index (χ1v) is 57.3. The summed E-state index contributed by atoms with van der Waals surface area (Å²) in [5, 5.41) is 26.2. The molecule has 0 amide bonds. The summed E-state index contributed by atoms with van der Waals surface area (Å²) in [5.41, 5.74) is 8.70. The van der Waals surface area contributed by atoms with Crippen LogP contribution in [0.5, 0.6) is 0 Å². The molecule has 1 radical (unpaired) electrons. The quantitative estimate of drug-likeness (QED) is 0.0432. The minimum absolute atomic E-state index is 0. The minimum atomic E-state index is -3.79. The van der Waals surface area contributed by atoms with Crippen LogP contribution in [0.1, 0.15) is 403 Å². The van der Waals surface area contributed by atoms with E-state index in [1.165, 1.54) is 138 Å². The van der Waals surface area contributed by atoms with E-state index in [2.05, 4.69) is 134 Å². The first-order valence-electron chi connectivity index (χ1n) is 55.7. The van der Waals surface area contributed by atoms with Crippen molar-refractivity contribution in [3.8, 4) is 0 Å². The monoisotopic (exact) mass is 2090 g/mol. The van der Waals surface area contributed by atoms with Gasteiger partial charge in [-0.25, -0.2) is 0 Å². The molecule has 24 heteroatoms. The van der Waals surface area contributed by atoms with Gasteiger partial charge < -0.3 is 39.3 Å². The average Bonchev–Trinajstić information content (AvgIpc) is 1.30. The molecule has 0 aromatic rings. The maximum absolute atomic E-state index is 12.3. The first kappa shape index (κ1) is 123. The first-order chi connectivity index (χ1) is 66.5. The molecule has 14 saturated carbocycles. The molecule has 36 atom stereocenters. The van der Waals surface area contributed by atoms with Crippen molar-refractivity contribution in [3.05, 3.63) is 70.4 Å². The van der Waals surface area contributed by atoms with Crippen LogP contribution in [0.3, 0.4) is 0 Å². The molecule has 20 rings (SSSR count). The van der Waals surface area contributed by atoms with E-state index in [9.17, 15) is 48.3 Å². The summed E-state index contributed by atoms with van der Waals surface area (Å²) in [6.07, 6.45) is 58.5. The number of allylic oxidation sites excluding steroid dienone is 8. The van der Waals surface area contributed by atoms with Crippen LogP contribution < -0.4 is 56.6 Å². The topological polar surface area (TPSA) is 332 Å². The second kappa shape index (κ2) is 50.0. The number of ether oxygens (including phenoxy) is 4. The predicted molar refractivity (Wildman–Crippen MR) is 546 cm³/mol. The van der Waals surface area contributed by atoms with E-state index < -0.39 is 14.0 Å². The van der Waals surface area contributed by atoms with Gasteiger partial charge in [0, 0.05) is 140 Å². The fourth-order valence-electron chi connectivity index (χ4n) is 37.0. The van der Waals surface area contributed by atoms with Crippen LogP contribution in [0.4, 0.5) is 0 Å². The summed E-state index contributed by atoms with van der Waals surface area (Å²) < 4.78 is 48.7. The summed E-state index contributed by atoms with van der Waals surface area (Å²) >= 11 is -3.79. The van der Waals surface area contributed by atoms with Crippen molar-refractivity contribution >= 4 is 111 Å². The Hall–Kier alpha value is -2.77. The van der Waals surface area contributed by atoms with Gasteiger partial charge in [0.25, 0.3) is 6.47 Å². The number of carbonyl (C=O) groups excluding carboxylic acids is 10. The molecule has 797 valence electrons. The fourth-order valence-corrected chi connectivity index (χ4v) is 37.0. The molecule has 20 aliphatic rings. The molecule has 0 aliphatic heterocycles. The number of hydrogen-bond donors (Lipinski definition) is 2. The molecule has 14 fully saturated rings. The molecule has 0 aromatic heterocycles. The number of fused-ring (bicyclic) bond motifs is 25. The summed E-state index contributed by atoms with van der Waals surface area (Å²) in [5.74, 6) is 15.1. The third-order valence-corrected chi connectivity index (χ3v) is 44.6. The van der Waals surface area contributed by atoms with Gasteiger partial charge in [-0.1, -0.05) is 191 Å². The molecule has 2 N–H and O–H groups in total. The van der Waals surface area contributed by atoms with Crippen molar-refractivity contribution in [1.82, 2.24) is 0 Å². The van der Waals surface area contributed by atoms with E-state index in [0.29, 0.717) is 142 Å². The third kappa shape index (κ3) is 24.1. The Labute approximate surface area is 953 Å². The molecule has 144 heavy (non-hydrogen) atoms. The van der Waals surface area contributed by atoms with E-state index in [0.717, 1.165) is 167 Å². The number of unbranched alkanes of at least 4 members (excludes halogenated alkanes) is 2. The van der Waals surface area contributed by atoms with Crippen molar-refractivity contribution in [2.24, 2.45) is 178 Å². The normalized spacial score (nSPS) is 43.2.